The van der Waals surface area contributed by atoms with Gasteiger partial charge in [0.15, 0.2) is 0 Å². The van der Waals surface area contributed by atoms with E-state index in [-0.39, 0.29) is 5.56 Å². The standard InChI is InChI=1S/C12H13BrN2O3/c1-17-7-10-11(13)12(16)15(14-10)8-3-5-9(18-2)6-4-8/h3-6,14H,7H2,1-2H3. The van der Waals surface area contributed by atoms with E-state index in [2.05, 4.69) is 21.0 Å². The lowest BCUT2D eigenvalue weighted by atomic mass is 10.3. The molecule has 2 aromatic rings. The van der Waals surface area contributed by atoms with Crippen molar-refractivity contribution in [2.75, 3.05) is 14.2 Å². The van der Waals surface area contributed by atoms with Gasteiger partial charge in [-0.2, -0.15) is 0 Å². The number of hydrogen-bond donors (Lipinski definition) is 1. The summed E-state index contributed by atoms with van der Waals surface area (Å²) in [5.41, 5.74) is 1.30. The molecule has 0 aliphatic heterocycles. The minimum Gasteiger partial charge on any atom is -0.497 e. The van der Waals surface area contributed by atoms with Gasteiger partial charge in [0.05, 0.1) is 25.1 Å². The summed E-state index contributed by atoms with van der Waals surface area (Å²) in [6.45, 7) is 0.346. The molecule has 0 radical (unpaired) electrons. The van der Waals surface area contributed by atoms with E-state index in [1.165, 1.54) is 4.68 Å². The number of halogens is 1. The molecule has 0 bridgehead atoms. The van der Waals surface area contributed by atoms with Crippen LogP contribution in [-0.2, 0) is 11.3 Å². The van der Waals surface area contributed by atoms with Crippen molar-refractivity contribution in [1.29, 1.82) is 0 Å². The fourth-order valence-corrected chi connectivity index (χ4v) is 2.00. The van der Waals surface area contributed by atoms with Crippen LogP contribution in [0.1, 0.15) is 5.69 Å². The molecule has 18 heavy (non-hydrogen) atoms. The Morgan fingerprint density at radius 1 is 1.28 bits per heavy atom. The lowest BCUT2D eigenvalue weighted by Crippen LogP contribution is -2.14. The maximum absolute atomic E-state index is 12.0. The molecule has 0 aliphatic carbocycles. The summed E-state index contributed by atoms with van der Waals surface area (Å²) in [4.78, 5) is 12.0. The second-order valence-electron chi connectivity index (χ2n) is 3.68. The van der Waals surface area contributed by atoms with E-state index in [4.69, 9.17) is 9.47 Å². The van der Waals surface area contributed by atoms with Crippen molar-refractivity contribution in [3.63, 3.8) is 0 Å². The molecule has 0 saturated carbocycles. The molecule has 0 aliphatic rings. The van der Waals surface area contributed by atoms with Gasteiger partial charge in [-0.3, -0.25) is 9.89 Å². The van der Waals surface area contributed by atoms with Crippen molar-refractivity contribution in [2.45, 2.75) is 6.61 Å². The highest BCUT2D eigenvalue weighted by atomic mass is 79.9. The van der Waals surface area contributed by atoms with Crippen LogP contribution in [0.15, 0.2) is 33.5 Å². The van der Waals surface area contributed by atoms with Crippen LogP contribution >= 0.6 is 15.9 Å². The molecule has 0 unspecified atom stereocenters. The topological polar surface area (TPSA) is 56.2 Å². The first kappa shape index (κ1) is 12.9. The van der Waals surface area contributed by atoms with Gasteiger partial charge in [0.25, 0.3) is 5.56 Å². The minimum absolute atomic E-state index is 0.146. The highest BCUT2D eigenvalue weighted by Gasteiger charge is 2.12. The Balaban J connectivity index is 2.43. The van der Waals surface area contributed by atoms with Crippen molar-refractivity contribution in [3.8, 4) is 11.4 Å². The van der Waals surface area contributed by atoms with Crippen molar-refractivity contribution in [2.24, 2.45) is 0 Å². The molecule has 96 valence electrons. The average molecular weight is 313 g/mol. The SMILES string of the molecule is COCc1[nH]n(-c2ccc(OC)cc2)c(=O)c1Br. The highest BCUT2D eigenvalue weighted by Crippen LogP contribution is 2.16. The van der Waals surface area contributed by atoms with E-state index < -0.39 is 0 Å². The second kappa shape index (κ2) is 5.41. The Kier molecular flexibility index (Phi) is 3.88. The van der Waals surface area contributed by atoms with E-state index in [9.17, 15) is 4.79 Å². The van der Waals surface area contributed by atoms with Gasteiger partial charge in [0.1, 0.15) is 10.2 Å². The summed E-state index contributed by atoms with van der Waals surface area (Å²) in [6.07, 6.45) is 0. The first-order chi connectivity index (χ1) is 8.67. The maximum Gasteiger partial charge on any atom is 0.285 e. The van der Waals surface area contributed by atoms with Crippen molar-refractivity contribution in [3.05, 3.63) is 44.8 Å². The van der Waals surface area contributed by atoms with Crippen LogP contribution in [0.5, 0.6) is 5.75 Å². The van der Waals surface area contributed by atoms with Crippen molar-refractivity contribution < 1.29 is 9.47 Å². The quantitative estimate of drug-likeness (QED) is 0.940. The maximum atomic E-state index is 12.0. The number of aromatic amines is 1. The summed E-state index contributed by atoms with van der Waals surface area (Å²) < 4.78 is 12.0. The van der Waals surface area contributed by atoms with Crippen molar-refractivity contribution >= 4 is 15.9 Å². The molecule has 6 heteroatoms. The molecule has 1 aromatic heterocycles. The molecule has 0 spiro atoms. The van der Waals surface area contributed by atoms with Gasteiger partial charge in [-0.05, 0) is 40.2 Å². The monoisotopic (exact) mass is 312 g/mol. The van der Waals surface area contributed by atoms with Gasteiger partial charge in [-0.15, -0.1) is 0 Å². The Hall–Kier alpha value is -1.53. The number of hydrogen-bond acceptors (Lipinski definition) is 3. The first-order valence-electron chi connectivity index (χ1n) is 5.30. The Labute approximate surface area is 112 Å². The van der Waals surface area contributed by atoms with E-state index >= 15 is 0 Å². The molecule has 1 heterocycles. The molecule has 0 amide bonds. The predicted octanol–water partition coefficient (Wildman–Crippen LogP) is 2.08. The van der Waals surface area contributed by atoms with E-state index in [1.807, 2.05) is 0 Å². The van der Waals surface area contributed by atoms with Gasteiger partial charge < -0.3 is 9.47 Å². The molecule has 0 saturated heterocycles. The number of methoxy groups -OCH3 is 2. The highest BCUT2D eigenvalue weighted by molar-refractivity contribution is 9.10. The van der Waals surface area contributed by atoms with Crippen LogP contribution in [-0.4, -0.2) is 24.0 Å². The lowest BCUT2D eigenvalue weighted by molar-refractivity contribution is 0.180. The van der Waals surface area contributed by atoms with Gasteiger partial charge in [0, 0.05) is 7.11 Å². The zero-order valence-corrected chi connectivity index (χ0v) is 11.7. The van der Waals surface area contributed by atoms with E-state index in [1.54, 1.807) is 38.5 Å². The summed E-state index contributed by atoms with van der Waals surface area (Å²) >= 11 is 3.26. The number of nitrogens with one attached hydrogen (secondary N) is 1. The Bertz CT molecular complexity index is 586. The number of ether oxygens (including phenoxy) is 2. The van der Waals surface area contributed by atoms with Crippen LogP contribution < -0.4 is 10.3 Å². The minimum atomic E-state index is -0.146. The summed E-state index contributed by atoms with van der Waals surface area (Å²) in [7, 11) is 3.18. The largest absolute Gasteiger partial charge is 0.497 e. The summed E-state index contributed by atoms with van der Waals surface area (Å²) in [5, 5.41) is 3.00. The van der Waals surface area contributed by atoms with Gasteiger partial charge >= 0.3 is 0 Å². The molecule has 5 nitrogen and oxygen atoms in total. The van der Waals surface area contributed by atoms with Crippen LogP contribution in [0.25, 0.3) is 5.69 Å². The normalized spacial score (nSPS) is 10.6. The zero-order chi connectivity index (χ0) is 13.1. The Morgan fingerprint density at radius 2 is 1.94 bits per heavy atom. The van der Waals surface area contributed by atoms with E-state index in [0.717, 1.165) is 11.4 Å². The van der Waals surface area contributed by atoms with Crippen LogP contribution in [0.2, 0.25) is 0 Å². The number of aromatic nitrogens is 2. The van der Waals surface area contributed by atoms with Gasteiger partial charge in [-0.25, -0.2) is 4.68 Å². The molecular formula is C12H13BrN2O3. The average Bonchev–Trinajstić information content (AvgIpc) is 2.68. The third kappa shape index (κ3) is 2.34. The van der Waals surface area contributed by atoms with E-state index in [0.29, 0.717) is 16.8 Å². The fraction of sp³-hybridized carbons (Fsp3) is 0.250. The number of benzene rings is 1. The number of H-pyrrole nitrogens is 1. The lowest BCUT2D eigenvalue weighted by Gasteiger charge is -2.03. The first-order valence-corrected chi connectivity index (χ1v) is 6.09. The molecule has 0 fully saturated rings. The third-order valence-electron chi connectivity index (χ3n) is 2.52. The van der Waals surface area contributed by atoms with Gasteiger partial charge in [0.2, 0.25) is 0 Å². The van der Waals surface area contributed by atoms with Crippen LogP contribution in [0.4, 0.5) is 0 Å². The van der Waals surface area contributed by atoms with Crippen LogP contribution in [0.3, 0.4) is 0 Å². The zero-order valence-electron chi connectivity index (χ0n) is 10.1. The smallest absolute Gasteiger partial charge is 0.285 e. The number of nitrogens with zero attached hydrogens (tertiary/aromatic N) is 1. The fourth-order valence-electron chi connectivity index (χ4n) is 1.62. The number of rotatable bonds is 4. The van der Waals surface area contributed by atoms with Gasteiger partial charge in [-0.1, -0.05) is 0 Å². The second-order valence-corrected chi connectivity index (χ2v) is 4.47. The summed E-state index contributed by atoms with van der Waals surface area (Å²) in [5.74, 6) is 0.745. The molecule has 1 aromatic carbocycles. The predicted molar refractivity (Wildman–Crippen MR) is 71.4 cm³/mol. The molecule has 2 rings (SSSR count). The summed E-state index contributed by atoms with van der Waals surface area (Å²) in [6, 6.07) is 7.21. The van der Waals surface area contributed by atoms with Crippen molar-refractivity contribution in [1.82, 2.24) is 9.78 Å². The molecular weight excluding hydrogens is 300 g/mol. The van der Waals surface area contributed by atoms with Crippen LogP contribution in [0, 0.1) is 0 Å². The third-order valence-corrected chi connectivity index (χ3v) is 3.34. The molecule has 1 N–H and O–H groups in total. The Morgan fingerprint density at radius 3 is 2.50 bits per heavy atom. The molecule has 0 atom stereocenters.